The van der Waals surface area contributed by atoms with E-state index in [4.69, 9.17) is 0 Å². The van der Waals surface area contributed by atoms with Crippen LogP contribution in [-0.2, 0) is 9.59 Å². The molecule has 21 heavy (non-hydrogen) atoms. The minimum atomic E-state index is -0.813. The van der Waals surface area contributed by atoms with E-state index in [2.05, 4.69) is 10.3 Å². The minimum absolute atomic E-state index is 0.137. The van der Waals surface area contributed by atoms with Crippen molar-refractivity contribution in [2.45, 2.75) is 44.2 Å². The quantitative estimate of drug-likeness (QED) is 0.886. The molecule has 2 aliphatic rings. The molecule has 7 heteroatoms. The van der Waals surface area contributed by atoms with Gasteiger partial charge < -0.3 is 10.4 Å². The van der Waals surface area contributed by atoms with E-state index >= 15 is 0 Å². The number of hydrogen-bond donors (Lipinski definition) is 2. The molecule has 0 unspecified atom stereocenters. The molecule has 1 aromatic heterocycles. The summed E-state index contributed by atoms with van der Waals surface area (Å²) in [6.45, 7) is 0.137. The van der Waals surface area contributed by atoms with Crippen LogP contribution in [0.1, 0.15) is 32.1 Å². The maximum atomic E-state index is 12.1. The van der Waals surface area contributed by atoms with Gasteiger partial charge in [-0.05, 0) is 25.2 Å². The first-order valence-corrected chi connectivity index (χ1v) is 8.21. The van der Waals surface area contributed by atoms with Crippen LogP contribution in [0.25, 0.3) is 0 Å². The van der Waals surface area contributed by atoms with Crippen LogP contribution < -0.4 is 5.32 Å². The summed E-state index contributed by atoms with van der Waals surface area (Å²) in [4.78, 5) is 29.5. The van der Waals surface area contributed by atoms with Gasteiger partial charge in [0, 0.05) is 17.6 Å². The Morgan fingerprint density at radius 2 is 2.24 bits per heavy atom. The zero-order valence-electron chi connectivity index (χ0n) is 11.7. The molecule has 1 saturated heterocycles. The number of aliphatic carboxylic acids is 1. The fourth-order valence-electron chi connectivity index (χ4n) is 3.63. The lowest BCUT2D eigenvalue weighted by Gasteiger charge is -2.32. The van der Waals surface area contributed by atoms with Crippen molar-refractivity contribution in [2.75, 3.05) is 11.9 Å². The van der Waals surface area contributed by atoms with E-state index in [1.165, 1.54) is 17.8 Å². The van der Waals surface area contributed by atoms with Gasteiger partial charge in [0.2, 0.25) is 5.91 Å². The van der Waals surface area contributed by atoms with Crippen molar-refractivity contribution in [2.24, 2.45) is 5.92 Å². The molecular formula is C14H19N3O3S. The lowest BCUT2D eigenvalue weighted by atomic mass is 9.85. The van der Waals surface area contributed by atoms with Crippen molar-refractivity contribution in [3.63, 3.8) is 0 Å². The maximum Gasteiger partial charge on any atom is 0.320 e. The second-order valence-electron chi connectivity index (χ2n) is 5.76. The number of carboxylic acids is 1. The molecule has 1 aliphatic carbocycles. The SMILES string of the molecule is O=C(CN1[C@H](C(=O)O)C[C@H]2CCCC[C@@H]21)Nc1nccs1. The first-order valence-electron chi connectivity index (χ1n) is 7.33. The molecule has 0 bridgehead atoms. The summed E-state index contributed by atoms with van der Waals surface area (Å²) < 4.78 is 0. The van der Waals surface area contributed by atoms with E-state index < -0.39 is 12.0 Å². The zero-order chi connectivity index (χ0) is 14.8. The van der Waals surface area contributed by atoms with Crippen molar-refractivity contribution >= 4 is 28.3 Å². The molecule has 2 N–H and O–H groups in total. The first-order chi connectivity index (χ1) is 10.1. The lowest BCUT2D eigenvalue weighted by molar-refractivity contribution is -0.143. The van der Waals surface area contributed by atoms with Crippen LogP contribution in [0.5, 0.6) is 0 Å². The Morgan fingerprint density at radius 1 is 1.43 bits per heavy atom. The Bertz CT molecular complexity index is 520. The Hall–Kier alpha value is -1.47. The third-order valence-corrected chi connectivity index (χ3v) is 5.20. The number of fused-ring (bicyclic) bond motifs is 1. The molecule has 0 radical (unpaired) electrons. The van der Waals surface area contributed by atoms with Gasteiger partial charge in [-0.2, -0.15) is 0 Å². The first kappa shape index (κ1) is 14.5. The van der Waals surface area contributed by atoms with Crippen molar-refractivity contribution in [1.82, 2.24) is 9.88 Å². The van der Waals surface area contributed by atoms with Gasteiger partial charge in [0.05, 0.1) is 6.54 Å². The molecule has 3 atom stereocenters. The monoisotopic (exact) mass is 309 g/mol. The molecular weight excluding hydrogens is 290 g/mol. The Morgan fingerprint density at radius 3 is 2.95 bits per heavy atom. The topological polar surface area (TPSA) is 82.5 Å². The summed E-state index contributed by atoms with van der Waals surface area (Å²) in [5.74, 6) is -0.568. The zero-order valence-corrected chi connectivity index (χ0v) is 12.5. The van der Waals surface area contributed by atoms with Gasteiger partial charge in [-0.1, -0.05) is 12.8 Å². The van der Waals surface area contributed by atoms with Gasteiger partial charge in [-0.3, -0.25) is 14.5 Å². The predicted molar refractivity (Wildman–Crippen MR) is 79.2 cm³/mol. The van der Waals surface area contributed by atoms with E-state index in [-0.39, 0.29) is 18.5 Å². The van der Waals surface area contributed by atoms with Crippen LogP contribution in [-0.4, -0.2) is 45.5 Å². The molecule has 3 rings (SSSR count). The summed E-state index contributed by atoms with van der Waals surface area (Å²) in [6, 6.07) is -0.290. The van der Waals surface area contributed by atoms with Crippen molar-refractivity contribution in [3.8, 4) is 0 Å². The number of aromatic nitrogens is 1. The highest BCUT2D eigenvalue weighted by Gasteiger charge is 2.45. The van der Waals surface area contributed by atoms with Crippen molar-refractivity contribution < 1.29 is 14.7 Å². The molecule has 0 spiro atoms. The van der Waals surface area contributed by atoms with E-state index in [9.17, 15) is 14.7 Å². The van der Waals surface area contributed by atoms with E-state index in [0.29, 0.717) is 17.5 Å². The highest BCUT2D eigenvalue weighted by molar-refractivity contribution is 7.13. The van der Waals surface area contributed by atoms with Crippen LogP contribution in [0.2, 0.25) is 0 Å². The number of rotatable bonds is 4. The van der Waals surface area contributed by atoms with Gasteiger partial charge in [-0.15, -0.1) is 11.3 Å². The standard InChI is InChI=1S/C14H19N3O3S/c18-12(16-14-15-5-6-21-14)8-17-10-4-2-1-3-9(10)7-11(17)13(19)20/h5-6,9-11H,1-4,7-8H2,(H,19,20)(H,15,16,18)/t9-,10+,11+/m1/s1. The number of carbonyl (C=O) groups excluding carboxylic acids is 1. The molecule has 0 aromatic carbocycles. The average Bonchev–Trinajstić information content (AvgIpc) is 3.07. The summed E-state index contributed by atoms with van der Waals surface area (Å²) >= 11 is 1.36. The van der Waals surface area contributed by atoms with Crippen molar-refractivity contribution in [1.29, 1.82) is 0 Å². The number of nitrogens with zero attached hydrogens (tertiary/aromatic N) is 2. The number of likely N-dealkylation sites (tertiary alicyclic amines) is 1. The molecule has 2 fully saturated rings. The van der Waals surface area contributed by atoms with E-state index in [1.807, 2.05) is 4.90 Å². The van der Waals surface area contributed by atoms with Crippen LogP contribution in [0.4, 0.5) is 5.13 Å². The number of amides is 1. The Balaban J connectivity index is 1.68. The van der Waals surface area contributed by atoms with Gasteiger partial charge in [-0.25, -0.2) is 4.98 Å². The molecule has 114 valence electrons. The van der Waals surface area contributed by atoms with Crippen LogP contribution in [0, 0.1) is 5.92 Å². The highest BCUT2D eigenvalue weighted by Crippen LogP contribution is 2.39. The summed E-state index contributed by atoms with van der Waals surface area (Å²) in [7, 11) is 0. The van der Waals surface area contributed by atoms with Gasteiger partial charge in [0.15, 0.2) is 5.13 Å². The normalized spacial score (nSPS) is 29.0. The molecule has 1 aliphatic heterocycles. The van der Waals surface area contributed by atoms with Gasteiger partial charge >= 0.3 is 5.97 Å². The summed E-state index contributed by atoms with van der Waals surface area (Å²) in [5, 5.41) is 14.5. The number of carbonyl (C=O) groups is 2. The molecule has 1 saturated carbocycles. The number of thiazole rings is 1. The van der Waals surface area contributed by atoms with Crippen LogP contribution >= 0.6 is 11.3 Å². The lowest BCUT2D eigenvalue weighted by Crippen LogP contribution is -2.46. The summed E-state index contributed by atoms with van der Waals surface area (Å²) in [6.07, 6.45) is 6.68. The minimum Gasteiger partial charge on any atom is -0.480 e. The molecule has 2 heterocycles. The van der Waals surface area contributed by atoms with E-state index in [1.54, 1.807) is 11.6 Å². The molecule has 1 aromatic rings. The fraction of sp³-hybridized carbons (Fsp3) is 0.643. The second-order valence-corrected chi connectivity index (χ2v) is 6.65. The third-order valence-electron chi connectivity index (χ3n) is 4.51. The second kappa shape index (κ2) is 6.11. The van der Waals surface area contributed by atoms with Gasteiger partial charge in [0.25, 0.3) is 0 Å². The van der Waals surface area contributed by atoms with Crippen LogP contribution in [0.15, 0.2) is 11.6 Å². The van der Waals surface area contributed by atoms with Crippen LogP contribution in [0.3, 0.4) is 0 Å². The number of carboxylic acid groups (broad SMARTS) is 1. The summed E-state index contributed by atoms with van der Waals surface area (Å²) in [5.41, 5.74) is 0. The molecule has 6 nitrogen and oxygen atoms in total. The highest BCUT2D eigenvalue weighted by atomic mass is 32.1. The fourth-order valence-corrected chi connectivity index (χ4v) is 4.18. The molecule has 1 amide bonds. The largest absolute Gasteiger partial charge is 0.480 e. The number of anilines is 1. The smallest absolute Gasteiger partial charge is 0.320 e. The van der Waals surface area contributed by atoms with Crippen molar-refractivity contribution in [3.05, 3.63) is 11.6 Å². The average molecular weight is 309 g/mol. The van der Waals surface area contributed by atoms with Gasteiger partial charge in [0.1, 0.15) is 6.04 Å². The van der Waals surface area contributed by atoms with E-state index in [0.717, 1.165) is 19.3 Å². The number of nitrogens with one attached hydrogen (secondary N) is 1. The number of hydrogen-bond acceptors (Lipinski definition) is 5. The predicted octanol–water partition coefficient (Wildman–Crippen LogP) is 1.80. The maximum absolute atomic E-state index is 12.1. The Kier molecular flexibility index (Phi) is 4.21. The third kappa shape index (κ3) is 3.08. The Labute approximate surface area is 127 Å².